The van der Waals surface area contributed by atoms with Gasteiger partial charge >= 0.3 is 0 Å². The van der Waals surface area contributed by atoms with Gasteiger partial charge in [-0.15, -0.1) is 5.10 Å². The number of nitrogens with one attached hydrogen (secondary N) is 1. The van der Waals surface area contributed by atoms with E-state index < -0.39 is 5.25 Å². The molecule has 1 amide bonds. The van der Waals surface area contributed by atoms with Gasteiger partial charge in [-0.3, -0.25) is 14.3 Å². The number of amides is 1. The largest absolute Gasteiger partial charge is 0.376 e. The number of rotatable bonds is 7. The van der Waals surface area contributed by atoms with Crippen molar-refractivity contribution in [1.29, 1.82) is 0 Å². The highest BCUT2D eigenvalue weighted by molar-refractivity contribution is 8.00. The fraction of sp³-hybridized carbons (Fsp3) is 0.450. The van der Waals surface area contributed by atoms with Gasteiger partial charge in [-0.05, 0) is 49.2 Å². The Morgan fingerprint density at radius 2 is 2.13 bits per heavy atom. The first-order chi connectivity index (χ1) is 15.0. The Bertz CT molecular complexity index is 1120. The summed E-state index contributed by atoms with van der Waals surface area (Å²) >= 11 is 1.25. The molecule has 3 aromatic rings. The molecule has 2 atom stereocenters. The highest BCUT2D eigenvalue weighted by atomic mass is 32.2. The average Bonchev–Trinajstić information content (AvgIpc) is 3.48. The quantitative estimate of drug-likeness (QED) is 0.554. The monoisotopic (exact) mass is 443 g/mol. The molecular weight excluding hydrogens is 418 g/mol. The lowest BCUT2D eigenvalue weighted by Crippen LogP contribution is -2.27. The molecule has 1 saturated heterocycles. The molecule has 1 N–H and O–H groups in total. The second-order valence-electron chi connectivity index (χ2n) is 7.46. The van der Waals surface area contributed by atoms with Gasteiger partial charge in [0.15, 0.2) is 0 Å². The summed E-state index contributed by atoms with van der Waals surface area (Å²) in [7, 11) is 1.79. The normalized spacial score (nSPS) is 17.1. The molecule has 0 bridgehead atoms. The Hall–Kier alpha value is -2.92. The fourth-order valence-corrected chi connectivity index (χ4v) is 4.32. The van der Waals surface area contributed by atoms with Crippen LogP contribution in [-0.4, -0.2) is 53.4 Å². The van der Waals surface area contributed by atoms with Gasteiger partial charge in [0.25, 0.3) is 5.56 Å². The minimum absolute atomic E-state index is 0.0930. The van der Waals surface area contributed by atoms with E-state index in [1.54, 1.807) is 30.3 Å². The maximum Gasteiger partial charge on any atom is 0.295 e. The van der Waals surface area contributed by atoms with Crippen molar-refractivity contribution in [3.8, 4) is 5.69 Å². The van der Waals surface area contributed by atoms with Crippen molar-refractivity contribution in [2.75, 3.05) is 11.9 Å². The zero-order chi connectivity index (χ0) is 22.0. The number of hydrogen-bond acceptors (Lipinski definition) is 7. The van der Waals surface area contributed by atoms with Crippen LogP contribution in [0.15, 0.2) is 40.3 Å². The number of anilines is 1. The maximum absolute atomic E-state index is 13.0. The summed E-state index contributed by atoms with van der Waals surface area (Å²) < 4.78 is 10.6. The first-order valence-electron chi connectivity index (χ1n) is 10.1. The van der Waals surface area contributed by atoms with Crippen molar-refractivity contribution >= 4 is 23.4 Å². The first-order valence-corrected chi connectivity index (χ1v) is 11.0. The molecule has 164 valence electrons. The van der Waals surface area contributed by atoms with Gasteiger partial charge in [-0.2, -0.15) is 0 Å². The molecule has 0 aliphatic carbocycles. The number of carbonyl (C=O) groups is 1. The summed E-state index contributed by atoms with van der Waals surface area (Å²) in [5.74, 6) is -0.289. The topological polar surface area (TPSA) is 109 Å². The van der Waals surface area contributed by atoms with E-state index in [2.05, 4.69) is 20.8 Å². The summed E-state index contributed by atoms with van der Waals surface area (Å²) in [6.45, 7) is 4.88. The zero-order valence-corrected chi connectivity index (χ0v) is 18.5. The van der Waals surface area contributed by atoms with Crippen molar-refractivity contribution in [3.05, 3.63) is 46.4 Å². The summed E-state index contributed by atoms with van der Waals surface area (Å²) in [4.78, 5) is 25.9. The molecule has 1 aliphatic rings. The van der Waals surface area contributed by atoms with Gasteiger partial charge in [0.05, 0.1) is 29.3 Å². The third-order valence-corrected chi connectivity index (χ3v) is 6.42. The van der Waals surface area contributed by atoms with Crippen LogP contribution in [0.4, 0.5) is 5.69 Å². The minimum Gasteiger partial charge on any atom is -0.376 e. The van der Waals surface area contributed by atoms with Gasteiger partial charge in [-0.1, -0.05) is 30.0 Å². The second-order valence-corrected chi connectivity index (χ2v) is 8.77. The number of ether oxygens (including phenoxy) is 1. The number of hydrogen-bond donors (Lipinski definition) is 1. The average molecular weight is 444 g/mol. The molecule has 10 nitrogen and oxygen atoms in total. The van der Waals surface area contributed by atoms with Crippen LogP contribution in [0.2, 0.25) is 0 Å². The van der Waals surface area contributed by atoms with Crippen LogP contribution in [0.3, 0.4) is 0 Å². The lowest BCUT2D eigenvalue weighted by molar-refractivity contribution is -0.115. The number of carbonyl (C=O) groups excluding carboxylic acids is 1. The predicted octanol–water partition coefficient (Wildman–Crippen LogP) is 1.77. The summed E-state index contributed by atoms with van der Waals surface area (Å²) in [5, 5.41) is 14.6. The zero-order valence-electron chi connectivity index (χ0n) is 17.7. The highest BCUT2D eigenvalue weighted by Crippen LogP contribution is 2.23. The van der Waals surface area contributed by atoms with E-state index in [9.17, 15) is 9.59 Å². The highest BCUT2D eigenvalue weighted by Gasteiger charge is 2.24. The summed E-state index contributed by atoms with van der Waals surface area (Å²) in [6.07, 6.45) is 2.10. The molecule has 1 aromatic carbocycles. The summed E-state index contributed by atoms with van der Waals surface area (Å²) in [6, 6.07) is 9.31. The third kappa shape index (κ3) is 4.42. The van der Waals surface area contributed by atoms with E-state index in [-0.39, 0.29) is 23.3 Å². The minimum atomic E-state index is -0.501. The third-order valence-electron chi connectivity index (χ3n) is 5.35. The maximum atomic E-state index is 13.0. The van der Waals surface area contributed by atoms with E-state index in [0.717, 1.165) is 25.1 Å². The van der Waals surface area contributed by atoms with Crippen molar-refractivity contribution in [1.82, 2.24) is 29.6 Å². The van der Waals surface area contributed by atoms with Crippen LogP contribution >= 0.6 is 11.8 Å². The van der Waals surface area contributed by atoms with Crippen LogP contribution in [0.5, 0.6) is 0 Å². The summed E-state index contributed by atoms with van der Waals surface area (Å²) in [5.41, 5.74) is 1.39. The number of tetrazole rings is 1. The Kier molecular flexibility index (Phi) is 6.23. The van der Waals surface area contributed by atoms with Gasteiger partial charge < -0.3 is 10.1 Å². The van der Waals surface area contributed by atoms with Crippen LogP contribution < -0.4 is 10.9 Å². The molecule has 4 rings (SSSR count). The SMILES string of the molecule is Cc1c(NC(=O)[C@H](C)Sc2nnnn2C[C@H]2CCCO2)c(=O)n(-c2ccccc2)n1C. The number of aromatic nitrogens is 6. The number of benzene rings is 1. The standard InChI is InChI=1S/C20H25N7O3S/c1-13-17(19(29)27(25(13)3)15-8-5-4-6-9-15)21-18(28)14(2)31-20-22-23-24-26(20)12-16-10-7-11-30-16/h4-6,8-9,14,16H,7,10-12H2,1-3H3,(H,21,28)/t14-,16+/m0/s1. The van der Waals surface area contributed by atoms with Gasteiger partial charge in [-0.25, -0.2) is 9.36 Å². The Balaban J connectivity index is 1.48. The fourth-order valence-electron chi connectivity index (χ4n) is 3.53. The van der Waals surface area contributed by atoms with Gasteiger partial charge in [0, 0.05) is 13.7 Å². The number of thioether (sulfide) groups is 1. The molecule has 1 aliphatic heterocycles. The molecule has 0 unspecified atom stereocenters. The Morgan fingerprint density at radius 1 is 1.35 bits per heavy atom. The molecule has 2 aromatic heterocycles. The molecule has 1 fully saturated rings. The molecule has 0 spiro atoms. The van der Waals surface area contributed by atoms with Crippen LogP contribution in [0, 0.1) is 6.92 Å². The second kappa shape index (κ2) is 9.06. The van der Waals surface area contributed by atoms with Crippen LogP contribution in [0.25, 0.3) is 5.69 Å². The van der Waals surface area contributed by atoms with Gasteiger partial charge in [0.1, 0.15) is 5.69 Å². The van der Waals surface area contributed by atoms with E-state index in [0.29, 0.717) is 17.4 Å². The molecule has 0 saturated carbocycles. The van der Waals surface area contributed by atoms with E-state index >= 15 is 0 Å². The Morgan fingerprint density at radius 3 is 2.84 bits per heavy atom. The van der Waals surface area contributed by atoms with E-state index in [1.165, 1.54) is 16.4 Å². The number of nitrogens with zero attached hydrogens (tertiary/aromatic N) is 6. The van der Waals surface area contributed by atoms with Crippen molar-refractivity contribution in [3.63, 3.8) is 0 Å². The molecule has 11 heteroatoms. The first kappa shape index (κ1) is 21.3. The molecule has 0 radical (unpaired) electrons. The Labute approximate surface area is 183 Å². The lowest BCUT2D eigenvalue weighted by atomic mass is 10.2. The molecule has 31 heavy (non-hydrogen) atoms. The van der Waals surface area contributed by atoms with Crippen LogP contribution in [-0.2, 0) is 23.1 Å². The van der Waals surface area contributed by atoms with Gasteiger partial charge in [0.2, 0.25) is 11.1 Å². The van der Waals surface area contributed by atoms with E-state index in [1.807, 2.05) is 30.3 Å². The predicted molar refractivity (Wildman–Crippen MR) is 116 cm³/mol. The van der Waals surface area contributed by atoms with Crippen molar-refractivity contribution in [2.45, 2.75) is 49.7 Å². The van der Waals surface area contributed by atoms with Crippen molar-refractivity contribution < 1.29 is 9.53 Å². The van der Waals surface area contributed by atoms with Crippen LogP contribution in [0.1, 0.15) is 25.5 Å². The smallest absolute Gasteiger partial charge is 0.295 e. The lowest BCUT2D eigenvalue weighted by Gasteiger charge is -2.13. The molecule has 3 heterocycles. The van der Waals surface area contributed by atoms with E-state index in [4.69, 9.17) is 4.74 Å². The molecular formula is C20H25N7O3S. The van der Waals surface area contributed by atoms with Crippen molar-refractivity contribution in [2.24, 2.45) is 7.05 Å². The number of para-hydroxylation sites is 1.